The van der Waals surface area contributed by atoms with Gasteiger partial charge in [0.25, 0.3) is 0 Å². The zero-order chi connectivity index (χ0) is 28.6. The standard InChI is InChI=1S/C30H32O10/c31-13-23-27(35)29(37)25(33)21(39-23)9-3-15-1-7-19-17(11-15)5-6-18-12-16(2-8-20(18)19)4-10-22-26(34)30(38)28(36)24(14-32)40-22/h1-2,7-8,11-12,21-38H,5-6,13-14H2/t21?,22?,23?,24?,25?,26?,27-,28-,29?,30?/m1/s1. The van der Waals surface area contributed by atoms with E-state index >= 15 is 0 Å². The van der Waals surface area contributed by atoms with Crippen LogP contribution >= 0.6 is 0 Å². The van der Waals surface area contributed by atoms with E-state index in [4.69, 9.17) is 9.47 Å². The summed E-state index contributed by atoms with van der Waals surface area (Å²) in [4.78, 5) is 0. The second-order valence-corrected chi connectivity index (χ2v) is 10.3. The first kappa shape index (κ1) is 28.7. The fourth-order valence-electron chi connectivity index (χ4n) is 5.30. The molecule has 0 aromatic heterocycles. The van der Waals surface area contributed by atoms with Gasteiger partial charge in [-0.1, -0.05) is 35.8 Å². The second-order valence-electron chi connectivity index (χ2n) is 10.3. The first-order chi connectivity index (χ1) is 19.2. The molecule has 0 radical (unpaired) electrons. The van der Waals surface area contributed by atoms with Crippen molar-refractivity contribution in [1.82, 2.24) is 0 Å². The van der Waals surface area contributed by atoms with E-state index in [9.17, 15) is 40.9 Å². The van der Waals surface area contributed by atoms with Gasteiger partial charge in [0.05, 0.1) is 13.2 Å². The number of aryl methyl sites for hydroxylation is 2. The van der Waals surface area contributed by atoms with Gasteiger partial charge in [-0.05, 0) is 59.4 Å². The maximum atomic E-state index is 10.2. The minimum Gasteiger partial charge on any atom is -0.394 e. The van der Waals surface area contributed by atoms with Crippen LogP contribution in [0.4, 0.5) is 0 Å². The van der Waals surface area contributed by atoms with Crippen LogP contribution in [-0.4, -0.2) is 115 Å². The predicted molar refractivity (Wildman–Crippen MR) is 141 cm³/mol. The van der Waals surface area contributed by atoms with Gasteiger partial charge in [0, 0.05) is 11.1 Å². The largest absolute Gasteiger partial charge is 0.394 e. The van der Waals surface area contributed by atoms with E-state index in [0.717, 1.165) is 35.1 Å². The second kappa shape index (κ2) is 12.0. The summed E-state index contributed by atoms with van der Waals surface area (Å²) in [6, 6.07) is 11.5. The van der Waals surface area contributed by atoms with E-state index in [-0.39, 0.29) is 0 Å². The van der Waals surface area contributed by atoms with Crippen molar-refractivity contribution in [2.75, 3.05) is 13.2 Å². The molecule has 0 spiro atoms. The van der Waals surface area contributed by atoms with Gasteiger partial charge >= 0.3 is 0 Å². The number of benzene rings is 2. The Labute approximate surface area is 231 Å². The normalized spacial score (nSPS) is 34.9. The number of rotatable bonds is 2. The molecule has 10 nitrogen and oxygen atoms in total. The van der Waals surface area contributed by atoms with Gasteiger partial charge in [-0.15, -0.1) is 0 Å². The molecule has 2 saturated heterocycles. The Morgan fingerprint density at radius 3 is 1.35 bits per heavy atom. The SMILES string of the molecule is OCC1OC(C#Cc2ccc3c(c2)CCc2cc(C#CC4OC(CO)[C@@H](O)C(O)C4O)ccc2-3)C(O)C(O)[C@@H]1O. The molecule has 2 aliphatic heterocycles. The van der Waals surface area contributed by atoms with Crippen molar-refractivity contribution >= 4 is 0 Å². The van der Waals surface area contributed by atoms with Crippen LogP contribution in [0.2, 0.25) is 0 Å². The predicted octanol–water partition coefficient (Wildman–Crippen LogP) is -2.16. The maximum Gasteiger partial charge on any atom is 0.147 e. The molecule has 8 N–H and O–H groups in total. The molecule has 0 bridgehead atoms. The van der Waals surface area contributed by atoms with Crippen LogP contribution in [-0.2, 0) is 22.3 Å². The quantitative estimate of drug-likeness (QED) is 0.191. The molecule has 2 aromatic carbocycles. The molecule has 2 fully saturated rings. The minimum absolute atomic E-state index is 0.511. The highest BCUT2D eigenvalue weighted by atomic mass is 16.5. The van der Waals surface area contributed by atoms with Crippen LogP contribution in [0.5, 0.6) is 0 Å². The molecule has 8 unspecified atom stereocenters. The Kier molecular flexibility index (Phi) is 8.57. The molecule has 212 valence electrons. The van der Waals surface area contributed by atoms with E-state index in [1.165, 1.54) is 0 Å². The lowest BCUT2D eigenvalue weighted by molar-refractivity contribution is -0.214. The fourth-order valence-corrected chi connectivity index (χ4v) is 5.30. The lowest BCUT2D eigenvalue weighted by Gasteiger charge is -2.37. The van der Waals surface area contributed by atoms with Crippen LogP contribution in [0.25, 0.3) is 11.1 Å². The van der Waals surface area contributed by atoms with Crippen molar-refractivity contribution in [2.24, 2.45) is 0 Å². The third kappa shape index (κ3) is 5.53. The smallest absolute Gasteiger partial charge is 0.147 e. The van der Waals surface area contributed by atoms with E-state index in [0.29, 0.717) is 11.1 Å². The third-order valence-electron chi connectivity index (χ3n) is 7.67. The third-order valence-corrected chi connectivity index (χ3v) is 7.67. The molecule has 0 saturated carbocycles. The Morgan fingerprint density at radius 1 is 0.575 bits per heavy atom. The average molecular weight is 553 g/mol. The summed E-state index contributed by atoms with van der Waals surface area (Å²) < 4.78 is 10.9. The molecular weight excluding hydrogens is 520 g/mol. The number of aliphatic hydroxyl groups excluding tert-OH is 8. The highest BCUT2D eigenvalue weighted by Crippen LogP contribution is 2.34. The first-order valence-corrected chi connectivity index (χ1v) is 13.1. The summed E-state index contributed by atoms with van der Waals surface area (Å²) in [6.07, 6.45) is -11.3. The van der Waals surface area contributed by atoms with E-state index in [1.807, 2.05) is 36.4 Å². The molecule has 40 heavy (non-hydrogen) atoms. The van der Waals surface area contributed by atoms with E-state index in [1.54, 1.807) is 0 Å². The number of fused-ring (bicyclic) bond motifs is 3. The maximum absolute atomic E-state index is 10.2. The van der Waals surface area contributed by atoms with Crippen LogP contribution in [0.15, 0.2) is 36.4 Å². The molecule has 3 aliphatic rings. The number of aliphatic hydroxyl groups is 8. The van der Waals surface area contributed by atoms with Crippen molar-refractivity contribution in [2.45, 2.75) is 73.9 Å². The number of hydrogen-bond donors (Lipinski definition) is 8. The summed E-state index contributed by atoms with van der Waals surface area (Å²) in [5.74, 6) is 11.5. The average Bonchev–Trinajstić information content (AvgIpc) is 2.97. The Balaban J connectivity index is 1.32. The summed E-state index contributed by atoms with van der Waals surface area (Å²) >= 11 is 0. The van der Waals surface area contributed by atoms with Gasteiger partial charge < -0.3 is 50.3 Å². The van der Waals surface area contributed by atoms with Gasteiger partial charge in [0.2, 0.25) is 0 Å². The zero-order valence-electron chi connectivity index (χ0n) is 21.5. The minimum atomic E-state index is -1.47. The van der Waals surface area contributed by atoms with Gasteiger partial charge in [-0.25, -0.2) is 0 Å². The van der Waals surface area contributed by atoms with Gasteiger partial charge in [0.1, 0.15) is 61.0 Å². The van der Waals surface area contributed by atoms with Crippen LogP contribution < -0.4 is 0 Å². The number of ether oxygens (including phenoxy) is 2. The molecule has 2 heterocycles. The highest BCUT2D eigenvalue weighted by Gasteiger charge is 2.43. The fraction of sp³-hybridized carbons (Fsp3) is 0.467. The topological polar surface area (TPSA) is 180 Å². The monoisotopic (exact) mass is 552 g/mol. The lowest BCUT2D eigenvalue weighted by Crippen LogP contribution is -2.58. The summed E-state index contributed by atoms with van der Waals surface area (Å²) in [5, 5.41) is 79.0. The molecule has 1 aliphatic carbocycles. The Morgan fingerprint density at radius 2 is 0.975 bits per heavy atom. The van der Waals surface area contributed by atoms with Crippen LogP contribution in [0.1, 0.15) is 22.3 Å². The van der Waals surface area contributed by atoms with Gasteiger partial charge in [-0.3, -0.25) is 0 Å². The summed E-state index contributed by atoms with van der Waals surface area (Å²) in [5.41, 5.74) is 5.67. The molecule has 10 atom stereocenters. The van der Waals surface area contributed by atoms with Gasteiger partial charge in [0.15, 0.2) is 0 Å². The molecule has 5 rings (SSSR count). The zero-order valence-corrected chi connectivity index (χ0v) is 21.5. The first-order valence-electron chi connectivity index (χ1n) is 13.1. The molecule has 0 amide bonds. The highest BCUT2D eigenvalue weighted by molar-refractivity contribution is 5.74. The van der Waals surface area contributed by atoms with Gasteiger partial charge in [-0.2, -0.15) is 0 Å². The van der Waals surface area contributed by atoms with Crippen LogP contribution in [0, 0.1) is 23.7 Å². The number of hydrogen-bond acceptors (Lipinski definition) is 10. The molecule has 10 heteroatoms. The van der Waals surface area contributed by atoms with E-state index < -0.39 is 74.3 Å². The summed E-state index contributed by atoms with van der Waals surface area (Å²) in [7, 11) is 0. The summed E-state index contributed by atoms with van der Waals surface area (Å²) in [6.45, 7) is -1.02. The lowest BCUT2D eigenvalue weighted by atomic mass is 9.84. The van der Waals surface area contributed by atoms with Crippen molar-refractivity contribution in [3.63, 3.8) is 0 Å². The van der Waals surface area contributed by atoms with Crippen molar-refractivity contribution < 1.29 is 50.3 Å². The van der Waals surface area contributed by atoms with E-state index in [2.05, 4.69) is 23.7 Å². The Hall–Kier alpha value is -2.84. The van der Waals surface area contributed by atoms with Crippen LogP contribution in [0.3, 0.4) is 0 Å². The van der Waals surface area contributed by atoms with Crippen molar-refractivity contribution in [3.8, 4) is 34.8 Å². The van der Waals surface area contributed by atoms with Crippen molar-refractivity contribution in [3.05, 3.63) is 58.7 Å². The Bertz CT molecular complexity index is 1250. The molecular formula is C30H32O10. The van der Waals surface area contributed by atoms with Crippen molar-refractivity contribution in [1.29, 1.82) is 0 Å². The molecule has 2 aromatic rings.